The Labute approximate surface area is 129 Å². The summed E-state index contributed by atoms with van der Waals surface area (Å²) in [6.45, 7) is 4.05. The van der Waals surface area contributed by atoms with E-state index in [0.29, 0.717) is 18.5 Å². The predicted molar refractivity (Wildman–Crippen MR) is 84.5 cm³/mol. The highest BCUT2D eigenvalue weighted by atomic mass is 19.1. The topological polar surface area (TPSA) is 38.3 Å². The third-order valence-corrected chi connectivity index (χ3v) is 3.27. The van der Waals surface area contributed by atoms with Gasteiger partial charge in [0.2, 0.25) is 0 Å². The van der Waals surface area contributed by atoms with Crippen molar-refractivity contribution < 1.29 is 13.9 Å². The lowest BCUT2D eigenvalue weighted by Crippen LogP contribution is -2.22. The van der Waals surface area contributed by atoms with Gasteiger partial charge in [-0.05, 0) is 47.9 Å². The quantitative estimate of drug-likeness (QED) is 0.829. The minimum atomic E-state index is -0.292. The van der Waals surface area contributed by atoms with Crippen molar-refractivity contribution in [3.8, 4) is 5.75 Å². The van der Waals surface area contributed by atoms with E-state index in [-0.39, 0.29) is 11.7 Å². The third-order valence-electron chi connectivity index (χ3n) is 3.27. The maximum Gasteiger partial charge on any atom is 0.251 e. The first-order valence-corrected chi connectivity index (χ1v) is 6.94. The van der Waals surface area contributed by atoms with Gasteiger partial charge in [-0.15, -0.1) is 6.58 Å². The van der Waals surface area contributed by atoms with Crippen molar-refractivity contribution >= 4 is 5.91 Å². The van der Waals surface area contributed by atoms with Gasteiger partial charge in [0.05, 0.1) is 7.11 Å². The van der Waals surface area contributed by atoms with Crippen LogP contribution in [0.1, 0.15) is 21.5 Å². The fourth-order valence-electron chi connectivity index (χ4n) is 2.12. The molecule has 0 spiro atoms. The lowest BCUT2D eigenvalue weighted by atomic mass is 10.1. The molecule has 0 saturated carbocycles. The van der Waals surface area contributed by atoms with Crippen LogP contribution in [-0.4, -0.2) is 13.0 Å². The molecule has 1 N–H and O–H groups in total. The van der Waals surface area contributed by atoms with Crippen LogP contribution in [0.4, 0.5) is 4.39 Å². The van der Waals surface area contributed by atoms with Gasteiger partial charge in [0.1, 0.15) is 11.6 Å². The van der Waals surface area contributed by atoms with Crippen LogP contribution in [-0.2, 0) is 13.0 Å². The van der Waals surface area contributed by atoms with Gasteiger partial charge in [-0.2, -0.15) is 0 Å². The Morgan fingerprint density at radius 2 is 2.00 bits per heavy atom. The fourth-order valence-corrected chi connectivity index (χ4v) is 2.12. The zero-order valence-electron chi connectivity index (χ0n) is 12.4. The van der Waals surface area contributed by atoms with E-state index in [2.05, 4.69) is 11.9 Å². The Morgan fingerprint density at radius 3 is 2.64 bits per heavy atom. The van der Waals surface area contributed by atoms with Crippen LogP contribution in [0.5, 0.6) is 5.75 Å². The van der Waals surface area contributed by atoms with Crippen LogP contribution in [0, 0.1) is 5.82 Å². The van der Waals surface area contributed by atoms with Gasteiger partial charge >= 0.3 is 0 Å². The highest BCUT2D eigenvalue weighted by Crippen LogP contribution is 2.20. The van der Waals surface area contributed by atoms with E-state index in [1.165, 1.54) is 12.1 Å². The van der Waals surface area contributed by atoms with Crippen molar-refractivity contribution in [2.45, 2.75) is 13.0 Å². The molecule has 0 bridgehead atoms. The van der Waals surface area contributed by atoms with Crippen molar-refractivity contribution in [1.82, 2.24) is 5.32 Å². The van der Waals surface area contributed by atoms with Gasteiger partial charge < -0.3 is 10.1 Å². The van der Waals surface area contributed by atoms with Crippen molar-refractivity contribution in [3.05, 3.63) is 77.6 Å². The molecule has 0 fully saturated rings. The molecular weight excluding hydrogens is 281 g/mol. The van der Waals surface area contributed by atoms with E-state index < -0.39 is 0 Å². The second-order valence-electron chi connectivity index (χ2n) is 4.83. The molecule has 114 valence electrons. The summed E-state index contributed by atoms with van der Waals surface area (Å²) in [7, 11) is 1.59. The average molecular weight is 299 g/mol. The molecular formula is C18H18FNO2. The van der Waals surface area contributed by atoms with E-state index in [1.54, 1.807) is 43.5 Å². The van der Waals surface area contributed by atoms with Gasteiger partial charge in [0.15, 0.2) is 0 Å². The number of halogens is 1. The van der Waals surface area contributed by atoms with Crippen molar-refractivity contribution in [2.75, 3.05) is 7.11 Å². The first kappa shape index (κ1) is 15.8. The van der Waals surface area contributed by atoms with Crippen molar-refractivity contribution in [1.29, 1.82) is 0 Å². The number of ether oxygens (including phenoxy) is 1. The molecule has 0 unspecified atom stereocenters. The number of hydrogen-bond donors (Lipinski definition) is 1. The van der Waals surface area contributed by atoms with Gasteiger partial charge in [0.25, 0.3) is 5.91 Å². The zero-order valence-corrected chi connectivity index (χ0v) is 12.4. The first-order valence-electron chi connectivity index (χ1n) is 6.94. The Morgan fingerprint density at radius 1 is 1.27 bits per heavy atom. The standard InChI is InChI=1S/C18H18FNO2/c1-3-4-14-11-15(7-10-17(14)22-2)18(21)20-12-13-5-8-16(19)9-6-13/h3,5-11H,1,4,12H2,2H3,(H,20,21). The van der Waals surface area contributed by atoms with Gasteiger partial charge in [-0.25, -0.2) is 4.39 Å². The van der Waals surface area contributed by atoms with E-state index in [0.717, 1.165) is 16.9 Å². The molecule has 22 heavy (non-hydrogen) atoms. The van der Waals surface area contributed by atoms with Crippen LogP contribution in [0.25, 0.3) is 0 Å². The van der Waals surface area contributed by atoms with Gasteiger partial charge in [0, 0.05) is 12.1 Å². The van der Waals surface area contributed by atoms with Crippen LogP contribution in [0.2, 0.25) is 0 Å². The SMILES string of the molecule is C=CCc1cc(C(=O)NCc2ccc(F)cc2)ccc1OC. The predicted octanol–water partition coefficient (Wildman–Crippen LogP) is 3.49. The Hall–Kier alpha value is -2.62. The first-order chi connectivity index (χ1) is 10.6. The summed E-state index contributed by atoms with van der Waals surface area (Å²) in [5.41, 5.74) is 2.31. The lowest BCUT2D eigenvalue weighted by Gasteiger charge is -2.10. The molecule has 0 aliphatic rings. The number of carbonyl (C=O) groups is 1. The number of hydrogen-bond acceptors (Lipinski definition) is 2. The Kier molecular flexibility index (Phi) is 5.31. The maximum atomic E-state index is 12.8. The summed E-state index contributed by atoms with van der Waals surface area (Å²) in [6, 6.07) is 11.3. The van der Waals surface area contributed by atoms with Crippen LogP contribution in [0.15, 0.2) is 55.1 Å². The van der Waals surface area contributed by atoms with Crippen LogP contribution in [0.3, 0.4) is 0 Å². The molecule has 0 saturated heterocycles. The molecule has 0 aromatic heterocycles. The number of allylic oxidation sites excluding steroid dienone is 1. The maximum absolute atomic E-state index is 12.8. The summed E-state index contributed by atoms with van der Waals surface area (Å²) in [6.07, 6.45) is 2.39. The molecule has 4 heteroatoms. The molecule has 0 aliphatic heterocycles. The fraction of sp³-hybridized carbons (Fsp3) is 0.167. The number of nitrogens with one attached hydrogen (secondary N) is 1. The zero-order chi connectivity index (χ0) is 15.9. The molecule has 0 atom stereocenters. The molecule has 3 nitrogen and oxygen atoms in total. The van der Waals surface area contributed by atoms with E-state index in [9.17, 15) is 9.18 Å². The highest BCUT2D eigenvalue weighted by Gasteiger charge is 2.09. The summed E-state index contributed by atoms with van der Waals surface area (Å²) in [4.78, 5) is 12.2. The summed E-state index contributed by atoms with van der Waals surface area (Å²) < 4.78 is 18.1. The number of amides is 1. The van der Waals surface area contributed by atoms with E-state index in [4.69, 9.17) is 4.74 Å². The number of carbonyl (C=O) groups excluding carboxylic acids is 1. The molecule has 0 aliphatic carbocycles. The van der Waals surface area contributed by atoms with Crippen LogP contribution >= 0.6 is 0 Å². The molecule has 0 radical (unpaired) electrons. The number of methoxy groups -OCH3 is 1. The number of rotatable bonds is 6. The number of benzene rings is 2. The van der Waals surface area contributed by atoms with Crippen molar-refractivity contribution in [2.24, 2.45) is 0 Å². The highest BCUT2D eigenvalue weighted by molar-refractivity contribution is 5.94. The summed E-state index contributed by atoms with van der Waals surface area (Å²) in [5, 5.41) is 2.81. The molecule has 0 heterocycles. The molecule has 1 amide bonds. The molecule has 2 aromatic carbocycles. The summed E-state index contributed by atoms with van der Waals surface area (Å²) in [5.74, 6) is 0.256. The van der Waals surface area contributed by atoms with Gasteiger partial charge in [-0.1, -0.05) is 18.2 Å². The normalized spacial score (nSPS) is 10.1. The Balaban J connectivity index is 2.07. The largest absolute Gasteiger partial charge is 0.496 e. The second kappa shape index (κ2) is 7.41. The third kappa shape index (κ3) is 3.95. The van der Waals surface area contributed by atoms with E-state index >= 15 is 0 Å². The Bertz CT molecular complexity index is 665. The minimum Gasteiger partial charge on any atom is -0.496 e. The second-order valence-corrected chi connectivity index (χ2v) is 4.83. The summed E-state index contributed by atoms with van der Waals surface area (Å²) >= 11 is 0. The smallest absolute Gasteiger partial charge is 0.251 e. The van der Waals surface area contributed by atoms with Gasteiger partial charge in [-0.3, -0.25) is 4.79 Å². The lowest BCUT2D eigenvalue weighted by molar-refractivity contribution is 0.0951. The van der Waals surface area contributed by atoms with Crippen molar-refractivity contribution in [3.63, 3.8) is 0 Å². The monoisotopic (exact) mass is 299 g/mol. The van der Waals surface area contributed by atoms with Crippen LogP contribution < -0.4 is 10.1 Å². The average Bonchev–Trinajstić information content (AvgIpc) is 2.54. The van der Waals surface area contributed by atoms with E-state index in [1.807, 2.05) is 0 Å². The molecule has 2 aromatic rings. The minimum absolute atomic E-state index is 0.183. The molecule has 2 rings (SSSR count).